The third kappa shape index (κ3) is 4.45. The molecule has 2 N–H and O–H groups in total. The molecule has 9 nitrogen and oxygen atoms in total. The van der Waals surface area contributed by atoms with E-state index in [0.29, 0.717) is 30.5 Å². The first kappa shape index (κ1) is 22.5. The zero-order chi connectivity index (χ0) is 22.1. The lowest BCUT2D eigenvalue weighted by atomic mass is 9.92. The van der Waals surface area contributed by atoms with Gasteiger partial charge >= 0.3 is 6.03 Å². The number of hydroxylamine groups is 1. The van der Waals surface area contributed by atoms with Gasteiger partial charge in [-0.25, -0.2) is 18.7 Å². The fourth-order valence-corrected chi connectivity index (χ4v) is 6.16. The number of carbonyl (C=O) groups is 2. The number of benzene rings is 1. The monoisotopic (exact) mass is 438 g/mol. The average Bonchev–Trinajstić information content (AvgIpc) is 2.71. The second kappa shape index (κ2) is 8.91. The molecule has 2 aliphatic heterocycles. The van der Waals surface area contributed by atoms with Crippen LogP contribution in [-0.2, 0) is 10.0 Å². The van der Waals surface area contributed by atoms with Crippen molar-refractivity contribution in [3.05, 3.63) is 29.3 Å². The van der Waals surface area contributed by atoms with E-state index in [0.717, 1.165) is 19.5 Å². The molecule has 2 aliphatic rings. The molecule has 0 radical (unpaired) electrons. The number of amides is 3. The largest absolute Gasteiger partial charge is 0.324 e. The number of hydrogen-bond acceptors (Lipinski definition) is 5. The summed E-state index contributed by atoms with van der Waals surface area (Å²) in [6, 6.07) is 4.50. The maximum atomic E-state index is 13.2. The van der Waals surface area contributed by atoms with E-state index in [4.69, 9.17) is 5.21 Å². The Morgan fingerprint density at radius 2 is 1.63 bits per heavy atom. The second-order valence-corrected chi connectivity index (χ2v) is 10.3. The SMILES string of the molecule is Cc1cccc(S(=O)(=O)N2CCN(C(=O)N3CC(C)CC(C)C3)CC2)c1C(=O)NO. The molecule has 1 aromatic carbocycles. The molecule has 0 saturated carbocycles. The summed E-state index contributed by atoms with van der Waals surface area (Å²) in [5, 5.41) is 9.01. The molecule has 0 spiro atoms. The maximum Gasteiger partial charge on any atom is 0.320 e. The van der Waals surface area contributed by atoms with Crippen molar-refractivity contribution in [3.8, 4) is 0 Å². The van der Waals surface area contributed by atoms with Crippen molar-refractivity contribution in [2.75, 3.05) is 39.3 Å². The van der Waals surface area contributed by atoms with Gasteiger partial charge in [-0.3, -0.25) is 10.0 Å². The summed E-state index contributed by atoms with van der Waals surface area (Å²) in [4.78, 5) is 28.4. The van der Waals surface area contributed by atoms with E-state index in [-0.39, 0.29) is 29.6 Å². The molecule has 3 amide bonds. The van der Waals surface area contributed by atoms with Crippen LogP contribution in [0.1, 0.15) is 36.2 Å². The van der Waals surface area contributed by atoms with E-state index >= 15 is 0 Å². The van der Waals surface area contributed by atoms with Gasteiger partial charge in [0.15, 0.2) is 0 Å². The molecule has 2 unspecified atom stereocenters. The van der Waals surface area contributed by atoms with Crippen LogP contribution in [-0.4, -0.2) is 78.9 Å². The number of carbonyl (C=O) groups excluding carboxylic acids is 2. The molecule has 30 heavy (non-hydrogen) atoms. The van der Waals surface area contributed by atoms with Gasteiger partial charge in [0.25, 0.3) is 5.91 Å². The number of likely N-dealkylation sites (tertiary alicyclic amines) is 1. The Kier molecular flexibility index (Phi) is 6.68. The third-order valence-corrected chi connectivity index (χ3v) is 7.77. The van der Waals surface area contributed by atoms with E-state index in [1.54, 1.807) is 24.0 Å². The summed E-state index contributed by atoms with van der Waals surface area (Å²) in [5.74, 6) is 0.0439. The van der Waals surface area contributed by atoms with E-state index in [1.165, 1.54) is 15.9 Å². The summed E-state index contributed by atoms with van der Waals surface area (Å²) >= 11 is 0. The van der Waals surface area contributed by atoms with E-state index in [1.807, 2.05) is 4.90 Å². The molecule has 10 heteroatoms. The number of piperidine rings is 1. The van der Waals surface area contributed by atoms with Crippen molar-refractivity contribution in [2.24, 2.45) is 11.8 Å². The highest BCUT2D eigenvalue weighted by molar-refractivity contribution is 7.89. The number of hydrogen-bond donors (Lipinski definition) is 2. The highest BCUT2D eigenvalue weighted by Crippen LogP contribution is 2.26. The molecular formula is C20H30N4O5S. The van der Waals surface area contributed by atoms with Crippen LogP contribution in [0.25, 0.3) is 0 Å². The minimum Gasteiger partial charge on any atom is -0.324 e. The van der Waals surface area contributed by atoms with Crippen LogP contribution in [0.2, 0.25) is 0 Å². The number of nitrogens with one attached hydrogen (secondary N) is 1. The fraction of sp³-hybridized carbons (Fsp3) is 0.600. The molecule has 2 atom stereocenters. The summed E-state index contributed by atoms with van der Waals surface area (Å²) in [7, 11) is -3.95. The molecule has 0 aliphatic carbocycles. The first-order chi connectivity index (χ1) is 14.1. The smallest absolute Gasteiger partial charge is 0.320 e. The molecule has 1 aromatic rings. The molecule has 0 aromatic heterocycles. The number of piperazine rings is 1. The maximum absolute atomic E-state index is 13.2. The Morgan fingerprint density at radius 1 is 1.03 bits per heavy atom. The number of urea groups is 1. The zero-order valence-electron chi connectivity index (χ0n) is 17.7. The van der Waals surface area contributed by atoms with Crippen molar-refractivity contribution in [1.82, 2.24) is 19.6 Å². The number of aryl methyl sites for hydroxylation is 1. The predicted molar refractivity (Wildman–Crippen MR) is 111 cm³/mol. The van der Waals surface area contributed by atoms with Crippen LogP contribution >= 0.6 is 0 Å². The summed E-state index contributed by atoms with van der Waals surface area (Å²) < 4.78 is 27.7. The van der Waals surface area contributed by atoms with E-state index in [2.05, 4.69) is 13.8 Å². The fourth-order valence-electron chi connectivity index (χ4n) is 4.48. The third-order valence-electron chi connectivity index (χ3n) is 5.83. The van der Waals surface area contributed by atoms with Gasteiger partial charge in [-0.1, -0.05) is 26.0 Å². The predicted octanol–water partition coefficient (Wildman–Crippen LogP) is 1.52. The lowest BCUT2D eigenvalue weighted by Crippen LogP contribution is -2.56. The number of sulfonamides is 1. The molecule has 166 valence electrons. The van der Waals surface area contributed by atoms with Crippen LogP contribution in [0.3, 0.4) is 0 Å². The van der Waals surface area contributed by atoms with Crippen LogP contribution in [0.4, 0.5) is 4.79 Å². The topological polar surface area (TPSA) is 110 Å². The van der Waals surface area contributed by atoms with Crippen molar-refractivity contribution < 1.29 is 23.2 Å². The summed E-state index contributed by atoms with van der Waals surface area (Å²) in [6.45, 7) is 8.25. The normalized spacial score (nSPS) is 23.3. The highest BCUT2D eigenvalue weighted by atomic mass is 32.2. The van der Waals surface area contributed by atoms with Gasteiger partial charge in [-0.05, 0) is 36.8 Å². The van der Waals surface area contributed by atoms with Crippen LogP contribution in [0, 0.1) is 18.8 Å². The zero-order valence-corrected chi connectivity index (χ0v) is 18.5. The number of nitrogens with zero attached hydrogens (tertiary/aromatic N) is 3. The molecule has 2 fully saturated rings. The summed E-state index contributed by atoms with van der Waals surface area (Å²) in [5.41, 5.74) is 1.90. The van der Waals surface area contributed by atoms with Gasteiger partial charge in [-0.2, -0.15) is 4.31 Å². The lowest BCUT2D eigenvalue weighted by molar-refractivity contribution is 0.0701. The van der Waals surface area contributed by atoms with Crippen molar-refractivity contribution in [1.29, 1.82) is 0 Å². The van der Waals surface area contributed by atoms with E-state index < -0.39 is 15.9 Å². The minimum absolute atomic E-state index is 0.0404. The Hall–Kier alpha value is -2.17. The Bertz CT molecular complexity index is 902. The molecule has 2 heterocycles. The quantitative estimate of drug-likeness (QED) is 0.549. The minimum atomic E-state index is -3.95. The van der Waals surface area contributed by atoms with Gasteiger partial charge in [0.2, 0.25) is 10.0 Å². The highest BCUT2D eigenvalue weighted by Gasteiger charge is 2.35. The first-order valence-electron chi connectivity index (χ1n) is 10.2. The van der Waals surface area contributed by atoms with Gasteiger partial charge < -0.3 is 9.80 Å². The van der Waals surface area contributed by atoms with Gasteiger partial charge in [0.05, 0.1) is 10.5 Å². The van der Waals surface area contributed by atoms with E-state index in [9.17, 15) is 18.0 Å². The van der Waals surface area contributed by atoms with Crippen LogP contribution in [0.5, 0.6) is 0 Å². The average molecular weight is 439 g/mol. The van der Waals surface area contributed by atoms with Gasteiger partial charge in [0, 0.05) is 39.3 Å². The van der Waals surface area contributed by atoms with Gasteiger partial charge in [-0.15, -0.1) is 0 Å². The van der Waals surface area contributed by atoms with Crippen LogP contribution in [0.15, 0.2) is 23.1 Å². The van der Waals surface area contributed by atoms with Crippen molar-refractivity contribution in [2.45, 2.75) is 32.1 Å². The lowest BCUT2D eigenvalue weighted by Gasteiger charge is -2.41. The van der Waals surface area contributed by atoms with Crippen molar-refractivity contribution in [3.63, 3.8) is 0 Å². The van der Waals surface area contributed by atoms with Crippen molar-refractivity contribution >= 4 is 22.0 Å². The molecular weight excluding hydrogens is 408 g/mol. The Morgan fingerprint density at radius 3 is 2.20 bits per heavy atom. The second-order valence-electron chi connectivity index (χ2n) is 8.41. The Labute approximate surface area is 177 Å². The standard InChI is InChI=1S/C20H30N4O5S/c1-14-11-15(2)13-23(12-14)20(26)22-7-9-24(10-8-22)30(28,29)17-6-4-5-16(3)18(17)19(25)21-27/h4-6,14-15,27H,7-13H2,1-3H3,(H,21,25). The Balaban J connectivity index is 1.73. The molecule has 3 rings (SSSR count). The first-order valence-corrected chi connectivity index (χ1v) is 11.7. The van der Waals surface area contributed by atoms with Gasteiger partial charge in [0.1, 0.15) is 0 Å². The molecule has 2 saturated heterocycles. The van der Waals surface area contributed by atoms with Crippen LogP contribution < -0.4 is 5.48 Å². The number of rotatable bonds is 3. The summed E-state index contributed by atoms with van der Waals surface area (Å²) in [6.07, 6.45) is 1.11. The molecule has 0 bridgehead atoms.